The number of rotatable bonds is 4. The lowest BCUT2D eigenvalue weighted by atomic mass is 10.2. The third-order valence-corrected chi connectivity index (χ3v) is 4.30. The predicted octanol–water partition coefficient (Wildman–Crippen LogP) is 1.14. The van der Waals surface area contributed by atoms with Gasteiger partial charge in [0.05, 0.1) is 18.6 Å². The van der Waals surface area contributed by atoms with E-state index in [2.05, 4.69) is 22.6 Å². The summed E-state index contributed by atoms with van der Waals surface area (Å²) in [5, 5.41) is 0. The summed E-state index contributed by atoms with van der Waals surface area (Å²) in [7, 11) is -2.55. The van der Waals surface area contributed by atoms with Crippen molar-refractivity contribution in [1.29, 1.82) is 0 Å². The SMILES string of the molecule is C#CN(CCC#CC(=O)OC)S(=O)(=O)c1ccc(C)cc1. The summed E-state index contributed by atoms with van der Waals surface area (Å²) >= 11 is 0. The Morgan fingerprint density at radius 3 is 2.48 bits per heavy atom. The highest BCUT2D eigenvalue weighted by Gasteiger charge is 2.21. The summed E-state index contributed by atoms with van der Waals surface area (Å²) in [6.07, 6.45) is 5.38. The molecule has 0 N–H and O–H groups in total. The normalized spacial score (nSPS) is 9.95. The molecule has 0 aromatic heterocycles. The van der Waals surface area contributed by atoms with Crippen molar-refractivity contribution in [3.63, 3.8) is 0 Å². The number of terminal acetylenes is 1. The number of esters is 1. The summed E-state index contributed by atoms with van der Waals surface area (Å²) in [6, 6.07) is 8.50. The molecule has 0 aliphatic carbocycles. The van der Waals surface area contributed by atoms with Gasteiger partial charge in [-0.05, 0) is 19.1 Å². The molecule has 0 spiro atoms. The molecule has 0 unspecified atom stereocenters. The molecule has 0 fully saturated rings. The summed E-state index contributed by atoms with van der Waals surface area (Å²) < 4.78 is 29.8. The standard InChI is InChI=1S/C15H15NO4S/c1-4-16(12-6-5-7-15(17)20-3)21(18,19)14-10-8-13(2)9-11-14/h1,8-11H,6,12H2,2-3H3. The first-order valence-corrected chi connectivity index (χ1v) is 7.48. The maximum Gasteiger partial charge on any atom is 0.384 e. The van der Waals surface area contributed by atoms with E-state index >= 15 is 0 Å². The third-order valence-electron chi connectivity index (χ3n) is 2.57. The maximum atomic E-state index is 12.3. The Morgan fingerprint density at radius 2 is 1.95 bits per heavy atom. The minimum Gasteiger partial charge on any atom is -0.459 e. The zero-order chi connectivity index (χ0) is 15.9. The van der Waals surface area contributed by atoms with Crippen LogP contribution in [0.25, 0.3) is 0 Å². The molecule has 0 amide bonds. The van der Waals surface area contributed by atoms with Gasteiger partial charge in [0.15, 0.2) is 0 Å². The highest BCUT2D eigenvalue weighted by Crippen LogP contribution is 2.15. The van der Waals surface area contributed by atoms with Crippen LogP contribution in [0.1, 0.15) is 12.0 Å². The molecule has 1 rings (SSSR count). The van der Waals surface area contributed by atoms with E-state index in [1.54, 1.807) is 12.1 Å². The van der Waals surface area contributed by atoms with Gasteiger partial charge in [0.25, 0.3) is 10.0 Å². The van der Waals surface area contributed by atoms with Crippen LogP contribution in [0.5, 0.6) is 0 Å². The number of benzene rings is 1. The average Bonchev–Trinajstić information content (AvgIpc) is 2.47. The monoisotopic (exact) mass is 305 g/mol. The van der Waals surface area contributed by atoms with E-state index in [0.29, 0.717) is 0 Å². The Morgan fingerprint density at radius 1 is 1.33 bits per heavy atom. The van der Waals surface area contributed by atoms with Crippen LogP contribution in [0.15, 0.2) is 29.2 Å². The fraction of sp³-hybridized carbons (Fsp3) is 0.267. The van der Waals surface area contributed by atoms with E-state index in [1.807, 2.05) is 6.92 Å². The highest BCUT2D eigenvalue weighted by atomic mass is 32.2. The topological polar surface area (TPSA) is 63.7 Å². The lowest BCUT2D eigenvalue weighted by molar-refractivity contribution is -0.133. The second kappa shape index (κ2) is 7.37. The summed E-state index contributed by atoms with van der Waals surface area (Å²) in [5.74, 6) is 4.04. The van der Waals surface area contributed by atoms with Crippen LogP contribution in [0.3, 0.4) is 0 Å². The van der Waals surface area contributed by atoms with E-state index < -0.39 is 16.0 Å². The third kappa shape index (κ3) is 4.55. The number of sulfonamides is 1. The Labute approximate surface area is 125 Å². The summed E-state index contributed by atoms with van der Waals surface area (Å²) in [5.41, 5.74) is 0.949. The zero-order valence-corrected chi connectivity index (χ0v) is 12.6. The minimum atomic E-state index is -3.76. The number of carbonyl (C=O) groups excluding carboxylic acids is 1. The van der Waals surface area contributed by atoms with Crippen molar-refractivity contribution in [1.82, 2.24) is 4.31 Å². The molecule has 0 heterocycles. The van der Waals surface area contributed by atoms with Gasteiger partial charge in [0.2, 0.25) is 0 Å². The number of carbonyl (C=O) groups is 1. The molecular formula is C15H15NO4S. The number of ether oxygens (including phenoxy) is 1. The molecule has 0 aliphatic heterocycles. The van der Waals surface area contributed by atoms with Crippen molar-refractivity contribution in [2.75, 3.05) is 13.7 Å². The van der Waals surface area contributed by atoms with Gasteiger partial charge in [-0.2, -0.15) is 0 Å². The van der Waals surface area contributed by atoms with Crippen molar-refractivity contribution in [3.05, 3.63) is 29.8 Å². The van der Waals surface area contributed by atoms with E-state index in [-0.39, 0.29) is 17.9 Å². The van der Waals surface area contributed by atoms with Gasteiger partial charge in [-0.1, -0.05) is 30.0 Å². The fourth-order valence-corrected chi connectivity index (χ4v) is 2.64. The van der Waals surface area contributed by atoms with Crippen LogP contribution >= 0.6 is 0 Å². The van der Waals surface area contributed by atoms with Crippen LogP contribution in [-0.2, 0) is 19.6 Å². The van der Waals surface area contributed by atoms with Gasteiger partial charge in [0.1, 0.15) is 0 Å². The van der Waals surface area contributed by atoms with Gasteiger partial charge in [0, 0.05) is 18.4 Å². The molecule has 0 bridgehead atoms. The first kappa shape index (κ1) is 16.6. The highest BCUT2D eigenvalue weighted by molar-refractivity contribution is 7.89. The fourth-order valence-electron chi connectivity index (χ4n) is 1.43. The van der Waals surface area contributed by atoms with E-state index in [0.717, 1.165) is 9.87 Å². The number of aryl methyl sites for hydroxylation is 1. The summed E-state index contributed by atoms with van der Waals surface area (Å²) in [4.78, 5) is 10.9. The van der Waals surface area contributed by atoms with Crippen molar-refractivity contribution in [3.8, 4) is 24.3 Å². The van der Waals surface area contributed by atoms with E-state index in [4.69, 9.17) is 6.42 Å². The molecule has 0 saturated heterocycles. The lowest BCUT2D eigenvalue weighted by Gasteiger charge is -2.16. The first-order chi connectivity index (χ1) is 9.91. The van der Waals surface area contributed by atoms with Crippen molar-refractivity contribution in [2.45, 2.75) is 18.2 Å². The van der Waals surface area contributed by atoms with Crippen LogP contribution in [0.2, 0.25) is 0 Å². The van der Waals surface area contributed by atoms with Crippen molar-refractivity contribution in [2.24, 2.45) is 0 Å². The van der Waals surface area contributed by atoms with Gasteiger partial charge in [-0.3, -0.25) is 0 Å². The number of hydrogen-bond acceptors (Lipinski definition) is 4. The van der Waals surface area contributed by atoms with Crippen molar-refractivity contribution >= 4 is 16.0 Å². The molecule has 110 valence electrons. The summed E-state index contributed by atoms with van der Waals surface area (Å²) in [6.45, 7) is 1.86. The lowest BCUT2D eigenvalue weighted by Crippen LogP contribution is -2.27. The molecule has 0 aliphatic rings. The molecule has 0 atom stereocenters. The Balaban J connectivity index is 2.84. The second-order valence-corrected chi connectivity index (χ2v) is 5.92. The second-order valence-electron chi connectivity index (χ2n) is 4.06. The molecule has 6 heteroatoms. The van der Waals surface area contributed by atoms with Crippen molar-refractivity contribution < 1.29 is 17.9 Å². The first-order valence-electron chi connectivity index (χ1n) is 6.04. The molecule has 1 aromatic rings. The molecule has 21 heavy (non-hydrogen) atoms. The molecular weight excluding hydrogens is 290 g/mol. The smallest absolute Gasteiger partial charge is 0.384 e. The number of hydrogen-bond donors (Lipinski definition) is 0. The average molecular weight is 305 g/mol. The minimum absolute atomic E-state index is 0.00327. The Kier molecular flexibility index (Phi) is 5.83. The Bertz CT molecular complexity index is 703. The Hall–Kier alpha value is -2.44. The quantitative estimate of drug-likeness (QED) is 0.362. The van der Waals surface area contributed by atoms with E-state index in [1.165, 1.54) is 19.2 Å². The van der Waals surface area contributed by atoms with Gasteiger partial charge < -0.3 is 4.74 Å². The maximum absolute atomic E-state index is 12.3. The predicted molar refractivity (Wildman–Crippen MR) is 78.3 cm³/mol. The van der Waals surface area contributed by atoms with Crippen LogP contribution in [0, 0.1) is 31.2 Å². The number of methoxy groups -OCH3 is 1. The van der Waals surface area contributed by atoms with Gasteiger partial charge in [-0.15, -0.1) is 0 Å². The van der Waals surface area contributed by atoms with Crippen LogP contribution < -0.4 is 0 Å². The molecule has 1 aromatic carbocycles. The van der Waals surface area contributed by atoms with Gasteiger partial charge >= 0.3 is 5.97 Å². The molecule has 0 saturated carbocycles. The van der Waals surface area contributed by atoms with Crippen LogP contribution in [0.4, 0.5) is 0 Å². The zero-order valence-electron chi connectivity index (χ0n) is 11.8. The largest absolute Gasteiger partial charge is 0.459 e. The molecule has 0 radical (unpaired) electrons. The van der Waals surface area contributed by atoms with Gasteiger partial charge in [-0.25, -0.2) is 17.5 Å². The number of nitrogens with zero attached hydrogens (tertiary/aromatic N) is 1. The van der Waals surface area contributed by atoms with E-state index in [9.17, 15) is 13.2 Å². The molecule has 5 nitrogen and oxygen atoms in total. The van der Waals surface area contributed by atoms with Crippen LogP contribution in [-0.4, -0.2) is 32.3 Å².